The molecule has 0 saturated carbocycles. The summed E-state index contributed by atoms with van der Waals surface area (Å²) in [5.41, 5.74) is 0. The van der Waals surface area contributed by atoms with Crippen LogP contribution in [0.25, 0.3) is 0 Å². The zero-order valence-electron chi connectivity index (χ0n) is 16.0. The molecule has 0 rings (SSSR count). The third-order valence-corrected chi connectivity index (χ3v) is 2.67. The van der Waals surface area contributed by atoms with Gasteiger partial charge in [-0.15, -0.1) is 0 Å². The minimum atomic E-state index is 0.693. The maximum absolute atomic E-state index is 5.22. The van der Waals surface area contributed by atoms with Gasteiger partial charge in [-0.1, -0.05) is 0 Å². The molecule has 27 heavy (non-hydrogen) atoms. The van der Waals surface area contributed by atoms with Crippen molar-refractivity contribution in [1.82, 2.24) is 0 Å². The molecule has 0 aromatic carbocycles. The van der Waals surface area contributed by atoms with Crippen LogP contribution in [0, 0.1) is 0 Å². The molecule has 0 N–H and O–H groups in total. The molecule has 0 heterocycles. The molecule has 0 atom stereocenters. The average Bonchev–Trinajstić information content (AvgIpc) is 2.68. The molecule has 91 valence electrons. The van der Waals surface area contributed by atoms with Gasteiger partial charge in [0.05, 0.1) is 0 Å². The first-order valence-corrected chi connectivity index (χ1v) is 8.90. The molecule has 1 nitrogen and oxygen atoms in total. The van der Waals surface area contributed by atoms with Gasteiger partial charge < -0.3 is 0 Å². The van der Waals surface area contributed by atoms with Crippen molar-refractivity contribution in [3.63, 3.8) is 0 Å². The Bertz CT molecular complexity index is 679. The Labute approximate surface area is 179 Å². The standard InChI is InChI=1S/C2H5B24O/c1-2-27-26-25-24-23-22-21-20-19-18-17-16-15-14-13-12-11-10-9-8-7-6-5-4-3/h2H2,1H3. The molecular weight excluding hydrogens is 300 g/mol. The molecule has 0 aromatic rings. The summed E-state index contributed by atoms with van der Waals surface area (Å²) in [7, 11) is 6.89. The molecular formula is C2H5B24O. The van der Waals surface area contributed by atoms with Gasteiger partial charge in [-0.3, -0.25) is 0 Å². The van der Waals surface area contributed by atoms with E-state index < -0.39 is 0 Å². The third-order valence-electron chi connectivity index (χ3n) is 2.67. The summed E-state index contributed by atoms with van der Waals surface area (Å²) in [6, 6.07) is 0. The molecule has 0 aliphatic carbocycles. The van der Waals surface area contributed by atoms with E-state index >= 15 is 0 Å². The molecule has 0 aliphatic rings. The van der Waals surface area contributed by atoms with E-state index in [9.17, 15) is 0 Å². The van der Waals surface area contributed by atoms with Crippen LogP contribution in [0.5, 0.6) is 0 Å². The van der Waals surface area contributed by atoms with Crippen LogP contribution < -0.4 is 0 Å². The summed E-state index contributed by atoms with van der Waals surface area (Å²) >= 11 is 0. The van der Waals surface area contributed by atoms with E-state index in [1.54, 1.807) is 13.7 Å². The summed E-state index contributed by atoms with van der Waals surface area (Å²) in [6.07, 6.45) is 0. The van der Waals surface area contributed by atoms with Crippen LogP contribution in [0.4, 0.5) is 0 Å². The summed E-state index contributed by atoms with van der Waals surface area (Å²) in [5.74, 6) is 0. The van der Waals surface area contributed by atoms with Crippen LogP contribution in [0.3, 0.4) is 0 Å². The zero-order chi connectivity index (χ0) is 19.7. The van der Waals surface area contributed by atoms with Gasteiger partial charge in [0, 0.05) is 0 Å². The van der Waals surface area contributed by atoms with Crippen LogP contribution >= 0.6 is 0 Å². The SMILES string of the molecule is [B]=BB=BB=BB=BB=BB=BB=BB=BB=BB=BB=BB=BOCC. The van der Waals surface area contributed by atoms with Crippen LogP contribution in [0.2, 0.25) is 0 Å². The van der Waals surface area contributed by atoms with E-state index in [-0.39, 0.29) is 0 Å². The fourth-order valence-corrected chi connectivity index (χ4v) is 1.48. The van der Waals surface area contributed by atoms with E-state index in [0.29, 0.717) is 6.61 Å². The van der Waals surface area contributed by atoms with Crippen molar-refractivity contribution in [2.75, 3.05) is 6.61 Å². The first kappa shape index (κ1) is 28.4. The van der Waals surface area contributed by atoms with Crippen LogP contribution in [0.1, 0.15) is 6.92 Å². The predicted octanol–water partition coefficient (Wildman–Crippen LogP) is -8.65. The molecule has 0 bridgehead atoms. The Morgan fingerprint density at radius 2 is 0.704 bits per heavy atom. The van der Waals surface area contributed by atoms with E-state index in [0.717, 1.165) is 0 Å². The third kappa shape index (κ3) is 27.4. The minimum absolute atomic E-state index is 0.693. The molecule has 0 fully saturated rings. The van der Waals surface area contributed by atoms with Crippen molar-refractivity contribution < 1.29 is 4.65 Å². The maximum atomic E-state index is 5.22. The second kappa shape index (κ2) is 27.4. The zero-order valence-corrected chi connectivity index (χ0v) is 16.0. The second-order valence-corrected chi connectivity index (χ2v) is 4.83. The molecule has 25 heteroatoms. The Kier molecular flexibility index (Phi) is 28.7. The Hall–Kier alpha value is 1.36. The van der Waals surface area contributed by atoms with Crippen molar-refractivity contribution in [3.8, 4) is 0 Å². The molecule has 0 spiro atoms. The Morgan fingerprint density at radius 3 is 0.963 bits per heavy atom. The molecule has 0 aliphatic heterocycles. The van der Waals surface area contributed by atoms with Crippen molar-refractivity contribution in [3.05, 3.63) is 0 Å². The van der Waals surface area contributed by atoms with Gasteiger partial charge in [-0.2, -0.15) is 0 Å². The van der Waals surface area contributed by atoms with E-state index in [1.807, 2.05) is 141 Å². The number of hydrogen-bond donors (Lipinski definition) is 0. The van der Waals surface area contributed by atoms with E-state index in [1.165, 1.54) is 6.69 Å². The summed E-state index contributed by atoms with van der Waals surface area (Å²) in [5, 5.41) is 0. The normalized spacial score (nSPS) is 7.56. The average molecular weight is 305 g/mol. The van der Waals surface area contributed by atoms with Gasteiger partial charge >= 0.3 is 180 Å². The van der Waals surface area contributed by atoms with Gasteiger partial charge in [0.15, 0.2) is 0 Å². The number of rotatable bonds is 13. The topological polar surface area (TPSA) is 9.23 Å². The fourth-order valence-electron chi connectivity index (χ4n) is 1.48. The van der Waals surface area contributed by atoms with Gasteiger partial charge in [-0.25, -0.2) is 0 Å². The van der Waals surface area contributed by atoms with Crippen LogP contribution in [-0.4, -0.2) is 168 Å². The van der Waals surface area contributed by atoms with Crippen molar-refractivity contribution in [2.24, 2.45) is 0 Å². The van der Waals surface area contributed by atoms with E-state index in [2.05, 4.69) is 0 Å². The molecule has 0 saturated heterocycles. The molecule has 1 radical (unpaired) electrons. The first-order valence-electron chi connectivity index (χ1n) is 8.90. The van der Waals surface area contributed by atoms with Gasteiger partial charge in [0.2, 0.25) is 0 Å². The predicted molar refractivity (Wildman–Crippen MR) is 150 cm³/mol. The van der Waals surface area contributed by atoms with Crippen molar-refractivity contribution in [2.45, 2.75) is 6.92 Å². The van der Waals surface area contributed by atoms with Gasteiger partial charge in [-0.05, 0) is 0 Å². The van der Waals surface area contributed by atoms with E-state index in [4.69, 9.17) is 12.0 Å². The summed E-state index contributed by atoms with van der Waals surface area (Å²) in [4.78, 5) is 0. The second-order valence-electron chi connectivity index (χ2n) is 4.83. The Morgan fingerprint density at radius 1 is 0.444 bits per heavy atom. The quantitative estimate of drug-likeness (QED) is 0.307. The Balaban J connectivity index is 3.91. The number of hydrogen-bond acceptors (Lipinski definition) is 1. The van der Waals surface area contributed by atoms with Gasteiger partial charge in [0.1, 0.15) is 0 Å². The fraction of sp³-hybridized carbons (Fsp3) is 1.00. The van der Waals surface area contributed by atoms with Crippen LogP contribution in [0.15, 0.2) is 0 Å². The molecule has 0 amide bonds. The monoisotopic (exact) mass is 309 g/mol. The summed E-state index contributed by atoms with van der Waals surface area (Å²) in [6.45, 7) is 45.0. The van der Waals surface area contributed by atoms with Crippen molar-refractivity contribution >= 4 is 162 Å². The van der Waals surface area contributed by atoms with Crippen molar-refractivity contribution in [1.29, 1.82) is 0 Å². The summed E-state index contributed by atoms with van der Waals surface area (Å²) < 4.78 is 5.07. The first-order chi connectivity index (χ1) is 13.4. The van der Waals surface area contributed by atoms with Gasteiger partial charge in [0.25, 0.3) is 0 Å². The van der Waals surface area contributed by atoms with Crippen LogP contribution in [-0.2, 0) is 4.65 Å². The molecule has 0 unspecified atom stereocenters. The molecule has 0 aromatic heterocycles.